The second kappa shape index (κ2) is 6.92. The van der Waals surface area contributed by atoms with E-state index in [1.54, 1.807) is 0 Å². The number of hydrogen-bond donors (Lipinski definition) is 1. The summed E-state index contributed by atoms with van der Waals surface area (Å²) in [5, 5.41) is 3.00. The summed E-state index contributed by atoms with van der Waals surface area (Å²) >= 11 is 5.54. The molecule has 1 atom stereocenters. The van der Waals surface area contributed by atoms with Gasteiger partial charge in [-0.25, -0.2) is 8.78 Å². The summed E-state index contributed by atoms with van der Waals surface area (Å²) in [6.07, 6.45) is 2.79. The molecule has 0 radical (unpaired) electrons. The van der Waals surface area contributed by atoms with Crippen LogP contribution in [-0.4, -0.2) is 6.54 Å². The largest absolute Gasteiger partial charge is 0.310 e. The van der Waals surface area contributed by atoms with Gasteiger partial charge in [0.25, 0.3) is 0 Å². The van der Waals surface area contributed by atoms with Crippen molar-refractivity contribution in [3.63, 3.8) is 0 Å². The maximum atomic E-state index is 13.7. The van der Waals surface area contributed by atoms with Gasteiger partial charge in [-0.1, -0.05) is 38.3 Å². The molecule has 0 aliphatic carbocycles. The smallest absolute Gasteiger partial charge is 0.142 e. The van der Waals surface area contributed by atoms with E-state index in [1.807, 2.05) is 6.92 Å². The van der Waals surface area contributed by atoms with Gasteiger partial charge in [0.05, 0.1) is 5.02 Å². The van der Waals surface area contributed by atoms with E-state index in [2.05, 4.69) is 12.2 Å². The highest BCUT2D eigenvalue weighted by Crippen LogP contribution is 2.26. The van der Waals surface area contributed by atoms with E-state index >= 15 is 0 Å². The average molecular weight is 262 g/mol. The van der Waals surface area contributed by atoms with Crippen LogP contribution in [0.4, 0.5) is 8.78 Å². The molecule has 4 heteroatoms. The van der Waals surface area contributed by atoms with Crippen molar-refractivity contribution in [3.05, 3.63) is 34.4 Å². The molecule has 1 rings (SSSR count). The maximum Gasteiger partial charge on any atom is 0.142 e. The third-order valence-electron chi connectivity index (χ3n) is 2.71. The fraction of sp³-hybridized carbons (Fsp3) is 0.538. The van der Waals surface area contributed by atoms with Gasteiger partial charge >= 0.3 is 0 Å². The zero-order valence-corrected chi connectivity index (χ0v) is 11.0. The Balaban J connectivity index is 2.96. The first-order chi connectivity index (χ1) is 8.10. The molecule has 0 aliphatic rings. The summed E-state index contributed by atoms with van der Waals surface area (Å²) in [6, 6.07) is 2.09. The molecule has 0 aromatic heterocycles. The molecule has 1 aromatic carbocycles. The molecular formula is C13H18ClF2N. The SMILES string of the molecule is CCCCC(NCC)c1cc(F)c(Cl)cc1F. The summed E-state index contributed by atoms with van der Waals surface area (Å²) in [5.74, 6) is -1.01. The first kappa shape index (κ1) is 14.4. The molecule has 0 fully saturated rings. The van der Waals surface area contributed by atoms with E-state index in [0.717, 1.165) is 31.9 Å². The Hall–Kier alpha value is -0.670. The molecule has 0 saturated heterocycles. The second-order valence-electron chi connectivity index (χ2n) is 4.04. The van der Waals surface area contributed by atoms with Crippen LogP contribution < -0.4 is 5.32 Å². The van der Waals surface area contributed by atoms with Crippen LogP contribution in [0, 0.1) is 11.6 Å². The predicted octanol–water partition coefficient (Wildman–Crippen LogP) is 4.46. The number of hydrogen-bond acceptors (Lipinski definition) is 1. The molecule has 96 valence electrons. The lowest BCUT2D eigenvalue weighted by atomic mass is 10.0. The van der Waals surface area contributed by atoms with Gasteiger partial charge in [0.1, 0.15) is 11.6 Å². The minimum absolute atomic E-state index is 0.147. The van der Waals surface area contributed by atoms with Crippen molar-refractivity contribution in [1.82, 2.24) is 5.32 Å². The van der Waals surface area contributed by atoms with Crippen molar-refractivity contribution in [1.29, 1.82) is 0 Å². The van der Waals surface area contributed by atoms with E-state index in [4.69, 9.17) is 11.6 Å². The molecule has 17 heavy (non-hydrogen) atoms. The highest BCUT2D eigenvalue weighted by Gasteiger charge is 2.17. The highest BCUT2D eigenvalue weighted by molar-refractivity contribution is 6.30. The van der Waals surface area contributed by atoms with Crippen molar-refractivity contribution in [2.24, 2.45) is 0 Å². The lowest BCUT2D eigenvalue weighted by Gasteiger charge is -2.19. The normalized spacial score (nSPS) is 12.8. The van der Waals surface area contributed by atoms with Crippen LogP contribution in [0.15, 0.2) is 12.1 Å². The van der Waals surface area contributed by atoms with Gasteiger partial charge in [0.15, 0.2) is 0 Å². The molecule has 1 N–H and O–H groups in total. The summed E-state index contributed by atoms with van der Waals surface area (Å²) in [6.45, 7) is 4.74. The molecule has 1 unspecified atom stereocenters. The molecular weight excluding hydrogens is 244 g/mol. The Morgan fingerprint density at radius 3 is 2.53 bits per heavy atom. The number of nitrogens with one attached hydrogen (secondary N) is 1. The third kappa shape index (κ3) is 3.93. The maximum absolute atomic E-state index is 13.7. The summed E-state index contributed by atoms with van der Waals surface area (Å²) in [7, 11) is 0. The van der Waals surface area contributed by atoms with Crippen LogP contribution >= 0.6 is 11.6 Å². The van der Waals surface area contributed by atoms with Crippen molar-refractivity contribution >= 4 is 11.6 Å². The van der Waals surface area contributed by atoms with E-state index in [1.165, 1.54) is 6.07 Å². The highest BCUT2D eigenvalue weighted by atomic mass is 35.5. The zero-order valence-electron chi connectivity index (χ0n) is 10.2. The minimum atomic E-state index is -0.567. The van der Waals surface area contributed by atoms with Gasteiger partial charge < -0.3 is 5.32 Å². The predicted molar refractivity (Wildman–Crippen MR) is 67.3 cm³/mol. The molecule has 1 nitrogen and oxygen atoms in total. The van der Waals surface area contributed by atoms with Crippen LogP contribution in [0.2, 0.25) is 5.02 Å². The van der Waals surface area contributed by atoms with Crippen LogP contribution in [-0.2, 0) is 0 Å². The van der Waals surface area contributed by atoms with E-state index in [9.17, 15) is 8.78 Å². The van der Waals surface area contributed by atoms with Gasteiger partial charge in [0, 0.05) is 11.6 Å². The lowest BCUT2D eigenvalue weighted by Crippen LogP contribution is -2.22. The summed E-state index contributed by atoms with van der Waals surface area (Å²) in [5.41, 5.74) is 0.363. The van der Waals surface area contributed by atoms with Crippen molar-refractivity contribution in [3.8, 4) is 0 Å². The van der Waals surface area contributed by atoms with E-state index in [-0.39, 0.29) is 11.1 Å². The molecule has 0 spiro atoms. The Morgan fingerprint density at radius 2 is 1.94 bits per heavy atom. The van der Waals surface area contributed by atoms with Crippen LogP contribution in [0.5, 0.6) is 0 Å². The van der Waals surface area contributed by atoms with E-state index in [0.29, 0.717) is 5.56 Å². The van der Waals surface area contributed by atoms with Crippen molar-refractivity contribution in [2.45, 2.75) is 39.2 Å². The van der Waals surface area contributed by atoms with Gasteiger partial charge in [-0.2, -0.15) is 0 Å². The zero-order chi connectivity index (χ0) is 12.8. The standard InChI is InChI=1S/C13H18ClF2N/c1-3-5-6-13(17-4-2)9-7-12(16)10(14)8-11(9)15/h7-8,13,17H,3-6H2,1-2H3. The molecule has 0 bridgehead atoms. The topological polar surface area (TPSA) is 12.0 Å². The average Bonchev–Trinajstić information content (AvgIpc) is 2.29. The number of rotatable bonds is 6. The van der Waals surface area contributed by atoms with E-state index < -0.39 is 11.6 Å². The number of benzene rings is 1. The number of unbranched alkanes of at least 4 members (excludes halogenated alkanes) is 1. The first-order valence-electron chi connectivity index (χ1n) is 5.98. The Morgan fingerprint density at radius 1 is 1.24 bits per heavy atom. The van der Waals surface area contributed by atoms with Crippen LogP contribution in [0.25, 0.3) is 0 Å². The van der Waals surface area contributed by atoms with Crippen molar-refractivity contribution in [2.75, 3.05) is 6.54 Å². The monoisotopic (exact) mass is 261 g/mol. The summed E-state index contributed by atoms with van der Waals surface area (Å²) < 4.78 is 27.1. The summed E-state index contributed by atoms with van der Waals surface area (Å²) in [4.78, 5) is 0. The Bertz CT molecular complexity index is 369. The van der Waals surface area contributed by atoms with Gasteiger partial charge in [-0.3, -0.25) is 0 Å². The second-order valence-corrected chi connectivity index (χ2v) is 4.45. The van der Waals surface area contributed by atoms with Crippen molar-refractivity contribution < 1.29 is 8.78 Å². The van der Waals surface area contributed by atoms with Gasteiger partial charge in [0.2, 0.25) is 0 Å². The minimum Gasteiger partial charge on any atom is -0.310 e. The van der Waals surface area contributed by atoms with Gasteiger partial charge in [-0.15, -0.1) is 0 Å². The Kier molecular flexibility index (Phi) is 5.86. The molecule has 0 amide bonds. The molecule has 1 aromatic rings. The van der Waals surface area contributed by atoms with Crippen LogP contribution in [0.1, 0.15) is 44.7 Å². The first-order valence-corrected chi connectivity index (χ1v) is 6.35. The molecule has 0 heterocycles. The molecule has 0 saturated carbocycles. The van der Waals surface area contributed by atoms with Gasteiger partial charge in [-0.05, 0) is 25.1 Å². The van der Waals surface area contributed by atoms with Crippen LogP contribution in [0.3, 0.4) is 0 Å². The fourth-order valence-electron chi connectivity index (χ4n) is 1.83. The number of halogens is 3. The Labute approximate surface area is 106 Å². The third-order valence-corrected chi connectivity index (χ3v) is 3.00. The molecule has 0 aliphatic heterocycles. The lowest BCUT2D eigenvalue weighted by molar-refractivity contribution is 0.465. The fourth-order valence-corrected chi connectivity index (χ4v) is 1.98. The quantitative estimate of drug-likeness (QED) is 0.746.